The van der Waals surface area contributed by atoms with Gasteiger partial charge in [-0.2, -0.15) is 9.30 Å². The normalized spacial score (nSPS) is 16.7. The average Bonchev–Trinajstić information content (AvgIpc) is 2.96. The van der Waals surface area contributed by atoms with Gasteiger partial charge in [-0.05, 0) is 57.9 Å². The summed E-state index contributed by atoms with van der Waals surface area (Å²) < 4.78 is 27.7. The van der Waals surface area contributed by atoms with Crippen LogP contribution in [0.3, 0.4) is 0 Å². The summed E-state index contributed by atoms with van der Waals surface area (Å²) in [5.41, 5.74) is 2.07. The Labute approximate surface area is 202 Å². The van der Waals surface area contributed by atoms with E-state index in [1.807, 2.05) is 47.5 Å². The summed E-state index contributed by atoms with van der Waals surface area (Å²) >= 11 is 3.49. The van der Waals surface area contributed by atoms with Crippen molar-refractivity contribution in [2.45, 2.75) is 25.3 Å². The number of amides is 1. The summed E-state index contributed by atoms with van der Waals surface area (Å²) in [5.74, 6) is 0.520. The maximum Gasteiger partial charge on any atom is 0.279 e. The Morgan fingerprint density at radius 3 is 2.48 bits per heavy atom. The minimum absolute atomic E-state index is 0.149. The Kier molecular flexibility index (Phi) is 6.73. The summed E-state index contributed by atoms with van der Waals surface area (Å²) in [4.78, 5) is 24.1. The number of rotatable bonds is 5. The highest BCUT2D eigenvalue weighted by Crippen LogP contribution is 2.24. The first kappa shape index (κ1) is 23.3. The Balaban J connectivity index is 1.69. The summed E-state index contributed by atoms with van der Waals surface area (Å²) in [5, 5.41) is 0. The molecule has 2 aliphatic rings. The Bertz CT molecular complexity index is 1310. The van der Waals surface area contributed by atoms with E-state index in [0.717, 1.165) is 15.6 Å². The van der Waals surface area contributed by atoms with Crippen molar-refractivity contribution in [3.63, 3.8) is 0 Å². The molecule has 33 heavy (non-hydrogen) atoms. The summed E-state index contributed by atoms with van der Waals surface area (Å²) in [6.07, 6.45) is 5.69. The molecular weight excluding hydrogens is 504 g/mol. The first-order valence-electron chi connectivity index (χ1n) is 10.6. The predicted molar refractivity (Wildman–Crippen MR) is 133 cm³/mol. The summed E-state index contributed by atoms with van der Waals surface area (Å²) in [6, 6.07) is 13.6. The van der Waals surface area contributed by atoms with Crippen LogP contribution in [0.1, 0.15) is 35.3 Å². The van der Waals surface area contributed by atoms with E-state index < -0.39 is 15.9 Å². The Morgan fingerprint density at radius 1 is 1.09 bits per heavy atom. The molecule has 4 rings (SSSR count). The van der Waals surface area contributed by atoms with Crippen LogP contribution in [0.5, 0.6) is 0 Å². The smallest absolute Gasteiger partial charge is 0.279 e. The molecule has 0 saturated carbocycles. The van der Waals surface area contributed by atoms with Gasteiger partial charge in [0.25, 0.3) is 5.91 Å². The minimum atomic E-state index is -3.59. The fourth-order valence-corrected chi connectivity index (χ4v) is 5.53. The van der Waals surface area contributed by atoms with Crippen molar-refractivity contribution in [1.29, 1.82) is 0 Å². The number of nitrogens with zero attached hydrogens (tertiary/aromatic N) is 4. The molecule has 7 nitrogen and oxygen atoms in total. The van der Waals surface area contributed by atoms with Crippen molar-refractivity contribution >= 4 is 43.5 Å². The number of hydrogen-bond donors (Lipinski definition) is 0. The number of fused-ring (bicyclic) bond motifs is 2. The zero-order valence-electron chi connectivity index (χ0n) is 18.3. The fraction of sp³-hybridized carbons (Fsp3) is 0.208. The fourth-order valence-electron chi connectivity index (χ4n) is 3.69. The first-order chi connectivity index (χ1) is 15.8. The van der Waals surface area contributed by atoms with Crippen molar-refractivity contribution in [1.82, 2.24) is 9.21 Å². The molecule has 0 bridgehead atoms. The zero-order valence-corrected chi connectivity index (χ0v) is 20.7. The highest BCUT2D eigenvalue weighted by molar-refractivity contribution is 9.11. The number of allylic oxidation sites excluding steroid dienone is 2. The molecule has 0 aliphatic carbocycles. The van der Waals surface area contributed by atoms with Crippen LogP contribution in [0.25, 0.3) is 0 Å². The van der Waals surface area contributed by atoms with Crippen molar-refractivity contribution in [3.05, 3.63) is 88.1 Å². The van der Waals surface area contributed by atoms with Crippen molar-refractivity contribution in [2.24, 2.45) is 9.98 Å². The highest BCUT2D eigenvalue weighted by Gasteiger charge is 2.23. The van der Waals surface area contributed by atoms with Crippen LogP contribution in [0.2, 0.25) is 0 Å². The Morgan fingerprint density at radius 2 is 1.79 bits per heavy atom. The van der Waals surface area contributed by atoms with Gasteiger partial charge >= 0.3 is 0 Å². The highest BCUT2D eigenvalue weighted by atomic mass is 79.9. The molecule has 1 amide bonds. The lowest BCUT2D eigenvalue weighted by atomic mass is 10.1. The average molecular weight is 527 g/mol. The summed E-state index contributed by atoms with van der Waals surface area (Å²) in [7, 11) is -3.59. The molecule has 0 atom stereocenters. The zero-order chi connectivity index (χ0) is 23.6. The van der Waals surface area contributed by atoms with Gasteiger partial charge < -0.3 is 4.90 Å². The third-order valence-corrected chi connectivity index (χ3v) is 7.97. The molecule has 2 aliphatic heterocycles. The standard InChI is InChI=1S/C24H23BrN4O3S/c1-3-29(4-2)33(31,32)20-12-9-17(10-13-20)24(30)27-23-21-8-6-5-7-18(21)15-28-16-19(25)11-14-22(28)26-23/h5-14,16H,3-4,15H2,1-2H3. The van der Waals surface area contributed by atoms with Gasteiger partial charge in [0.05, 0.1) is 4.90 Å². The van der Waals surface area contributed by atoms with Crippen molar-refractivity contribution in [2.75, 3.05) is 13.1 Å². The minimum Gasteiger partial charge on any atom is -0.327 e. The van der Waals surface area contributed by atoms with E-state index in [4.69, 9.17) is 0 Å². The maximum absolute atomic E-state index is 13.0. The molecule has 0 unspecified atom stereocenters. The van der Waals surface area contributed by atoms with Crippen LogP contribution in [-0.2, 0) is 16.6 Å². The van der Waals surface area contributed by atoms with Gasteiger partial charge in [-0.1, -0.05) is 38.1 Å². The lowest BCUT2D eigenvalue weighted by Crippen LogP contribution is -2.30. The van der Waals surface area contributed by atoms with Crippen LogP contribution in [0, 0.1) is 0 Å². The molecule has 170 valence electrons. The van der Waals surface area contributed by atoms with E-state index >= 15 is 0 Å². The van der Waals surface area contributed by atoms with Gasteiger partial charge in [-0.3, -0.25) is 4.79 Å². The second-order valence-electron chi connectivity index (χ2n) is 7.46. The number of halogens is 1. The van der Waals surface area contributed by atoms with Crippen LogP contribution >= 0.6 is 15.9 Å². The van der Waals surface area contributed by atoms with Crippen molar-refractivity contribution in [3.8, 4) is 0 Å². The second kappa shape index (κ2) is 9.54. The number of aliphatic imine (C=N–C) groups is 2. The molecule has 0 fully saturated rings. The number of carbonyl (C=O) groups excluding carboxylic acids is 1. The molecule has 0 N–H and O–H groups in total. The lowest BCUT2D eigenvalue weighted by molar-refractivity contribution is 0.100. The van der Waals surface area contributed by atoms with Gasteiger partial charge in [0.1, 0.15) is 5.84 Å². The molecule has 2 aromatic carbocycles. The Hall–Kier alpha value is -2.88. The van der Waals surface area contributed by atoms with E-state index in [2.05, 4.69) is 25.9 Å². The van der Waals surface area contributed by atoms with Gasteiger partial charge in [0.15, 0.2) is 5.84 Å². The summed E-state index contributed by atoms with van der Waals surface area (Å²) in [6.45, 7) is 4.93. The topological polar surface area (TPSA) is 82.4 Å². The largest absolute Gasteiger partial charge is 0.327 e. The van der Waals surface area contributed by atoms with Gasteiger partial charge in [-0.25, -0.2) is 13.4 Å². The molecule has 0 spiro atoms. The van der Waals surface area contributed by atoms with E-state index in [-0.39, 0.29) is 4.90 Å². The van der Waals surface area contributed by atoms with Crippen LogP contribution in [-0.4, -0.2) is 48.3 Å². The van der Waals surface area contributed by atoms with E-state index in [1.54, 1.807) is 13.8 Å². The van der Waals surface area contributed by atoms with Crippen molar-refractivity contribution < 1.29 is 13.2 Å². The van der Waals surface area contributed by atoms with Crippen LogP contribution < -0.4 is 0 Å². The van der Waals surface area contributed by atoms with Crippen LogP contribution in [0.15, 0.2) is 86.2 Å². The molecule has 0 saturated heterocycles. The van der Waals surface area contributed by atoms with E-state index in [9.17, 15) is 13.2 Å². The van der Waals surface area contributed by atoms with Gasteiger partial charge in [-0.15, -0.1) is 0 Å². The predicted octanol–water partition coefficient (Wildman–Crippen LogP) is 4.32. The number of amidine groups is 2. The monoisotopic (exact) mass is 526 g/mol. The third kappa shape index (κ3) is 4.75. The quantitative estimate of drug-likeness (QED) is 0.580. The van der Waals surface area contributed by atoms with Gasteiger partial charge in [0, 0.05) is 41.4 Å². The lowest BCUT2D eigenvalue weighted by Gasteiger charge is -2.21. The van der Waals surface area contributed by atoms with E-state index in [1.165, 1.54) is 28.6 Å². The first-order valence-corrected chi connectivity index (χ1v) is 12.8. The molecular formula is C24H23BrN4O3S. The molecule has 2 aromatic rings. The molecule has 2 heterocycles. The molecule has 0 radical (unpaired) electrons. The van der Waals surface area contributed by atoms with Gasteiger partial charge in [0.2, 0.25) is 10.0 Å². The number of carbonyl (C=O) groups is 1. The number of benzene rings is 2. The molecule has 0 aromatic heterocycles. The maximum atomic E-state index is 13.0. The second-order valence-corrected chi connectivity index (χ2v) is 10.3. The third-order valence-electron chi connectivity index (χ3n) is 5.44. The SMILES string of the molecule is CCN(CC)S(=O)(=O)c1ccc(C(=O)N=C2N=C3C=CC(Br)=CN3Cc3ccccc32)cc1. The van der Waals surface area contributed by atoms with E-state index in [0.29, 0.717) is 36.9 Å². The molecule has 9 heteroatoms. The number of sulfonamides is 1. The van der Waals surface area contributed by atoms with Crippen LogP contribution in [0.4, 0.5) is 0 Å². The number of hydrogen-bond acceptors (Lipinski definition) is 4.